The molecule has 0 saturated heterocycles. The maximum absolute atomic E-state index is 4.25. The zero-order valence-corrected chi connectivity index (χ0v) is 36.2. The maximum atomic E-state index is 4.25. The van der Waals surface area contributed by atoms with Crippen LogP contribution in [0.3, 0.4) is 0 Å². The molecule has 6 aromatic rings. The van der Waals surface area contributed by atoms with Gasteiger partial charge in [-0.2, -0.15) is 0 Å². The molecular weight excluding hydrogens is 857 g/mol. The van der Waals surface area contributed by atoms with Gasteiger partial charge in [0.05, 0.1) is 0 Å². The van der Waals surface area contributed by atoms with Gasteiger partial charge in [-0.3, -0.25) is 0 Å². The molecule has 258 valence electrons. The molecule has 0 spiro atoms. The van der Waals surface area contributed by atoms with Crippen LogP contribution in [0.4, 0.5) is 0 Å². The number of halogens is 2. The first-order valence-electron chi connectivity index (χ1n) is 16.0. The number of benzene rings is 6. The Morgan fingerprint density at radius 2 is 0.740 bits per heavy atom. The highest BCUT2D eigenvalue weighted by atomic mass is 79.9. The van der Waals surface area contributed by atoms with E-state index in [1.54, 1.807) is 23.5 Å². The van der Waals surface area contributed by atoms with E-state index in [2.05, 4.69) is 192 Å². The number of hydrogen-bond donors (Lipinski definition) is 2. The Morgan fingerprint density at radius 1 is 0.420 bits per heavy atom. The second-order valence-electron chi connectivity index (χ2n) is 10.9. The Balaban J connectivity index is 0.000000189. The summed E-state index contributed by atoms with van der Waals surface area (Å²) < 4.78 is 0. The lowest BCUT2D eigenvalue weighted by Crippen LogP contribution is -1.83. The third-order valence-electron chi connectivity index (χ3n) is 7.20. The quantitative estimate of drug-likeness (QED) is 0.0755. The van der Waals surface area contributed by atoms with Crippen LogP contribution in [0.25, 0.3) is 0 Å². The Morgan fingerprint density at radius 3 is 1.10 bits per heavy atom. The zero-order valence-electron chi connectivity index (χ0n) is 28.0. The molecule has 0 aliphatic heterocycles. The van der Waals surface area contributed by atoms with Crippen molar-refractivity contribution in [3.63, 3.8) is 0 Å². The van der Waals surface area contributed by atoms with Crippen molar-refractivity contribution in [1.82, 2.24) is 0 Å². The van der Waals surface area contributed by atoms with Crippen LogP contribution in [0.15, 0.2) is 185 Å². The van der Waals surface area contributed by atoms with Crippen molar-refractivity contribution in [3.8, 4) is 0 Å². The summed E-state index contributed by atoms with van der Waals surface area (Å²) in [4.78, 5) is 9.63. The first-order chi connectivity index (χ1) is 24.4. The lowest BCUT2D eigenvalue weighted by molar-refractivity contribution is 1.13. The van der Waals surface area contributed by atoms with Gasteiger partial charge >= 0.3 is 0 Å². The topological polar surface area (TPSA) is 0 Å². The summed E-state index contributed by atoms with van der Waals surface area (Å²) in [5.41, 5.74) is 5.43. The highest BCUT2D eigenvalue weighted by Gasteiger charge is 2.01. The molecule has 50 heavy (non-hydrogen) atoms. The molecule has 0 atom stereocenters. The molecule has 6 aromatic carbocycles. The summed E-state index contributed by atoms with van der Waals surface area (Å²) in [5, 5.41) is 1.88. The molecule has 0 saturated carbocycles. The maximum Gasteiger partial charge on any atom is 0.0283 e. The predicted octanol–water partition coefficient (Wildman–Crippen LogP) is 15.3. The van der Waals surface area contributed by atoms with Crippen LogP contribution in [-0.4, -0.2) is 6.26 Å². The van der Waals surface area contributed by atoms with Crippen LogP contribution in [0.1, 0.15) is 29.2 Å². The fourth-order valence-electron chi connectivity index (χ4n) is 4.30. The van der Waals surface area contributed by atoms with Gasteiger partial charge in [-0.1, -0.05) is 111 Å². The van der Waals surface area contributed by atoms with E-state index >= 15 is 0 Å². The highest BCUT2D eigenvalue weighted by molar-refractivity contribution is 9.08. The molecule has 0 amide bonds. The smallest absolute Gasteiger partial charge is 0.0283 e. The fraction of sp³-hybridized carbons (Fsp3) is 0.143. The van der Waals surface area contributed by atoms with Crippen molar-refractivity contribution in [2.24, 2.45) is 0 Å². The number of thioether (sulfide) groups is 2. The third-order valence-corrected chi connectivity index (χ3v) is 12.9. The van der Waals surface area contributed by atoms with Crippen LogP contribution >= 0.6 is 104 Å². The second kappa shape index (κ2) is 23.1. The Kier molecular flexibility index (Phi) is 19.0. The number of aryl methyl sites for hydroxylation is 1. The summed E-state index contributed by atoms with van der Waals surface area (Å²) in [5.74, 6) is 1.02. The van der Waals surface area contributed by atoms with E-state index in [1.165, 1.54) is 51.6 Å². The minimum absolute atomic E-state index is 0.940. The molecule has 0 N–H and O–H groups in total. The second-order valence-corrected chi connectivity index (χ2v) is 17.3. The van der Waals surface area contributed by atoms with Crippen molar-refractivity contribution in [3.05, 3.63) is 168 Å². The van der Waals surface area contributed by atoms with E-state index in [-0.39, 0.29) is 0 Å². The van der Waals surface area contributed by atoms with E-state index in [1.807, 2.05) is 47.8 Å². The van der Waals surface area contributed by atoms with Crippen LogP contribution in [0, 0.1) is 0 Å². The average molecular weight is 897 g/mol. The van der Waals surface area contributed by atoms with Gasteiger partial charge in [0.1, 0.15) is 0 Å². The summed E-state index contributed by atoms with van der Waals surface area (Å²) >= 11 is 22.5. The Hall–Kier alpha value is -1.62. The van der Waals surface area contributed by atoms with Gasteiger partial charge in [0.2, 0.25) is 0 Å². The van der Waals surface area contributed by atoms with Crippen molar-refractivity contribution in [2.75, 3.05) is 6.26 Å². The lowest BCUT2D eigenvalue weighted by Gasteiger charge is -2.06. The minimum atomic E-state index is 0.940. The molecule has 0 heterocycles. The van der Waals surface area contributed by atoms with Gasteiger partial charge in [-0.25, -0.2) is 0 Å². The number of rotatable bonds is 11. The Bertz CT molecular complexity index is 1740. The molecule has 0 bridgehead atoms. The molecule has 0 nitrogen and oxygen atoms in total. The van der Waals surface area contributed by atoms with Gasteiger partial charge in [0.25, 0.3) is 0 Å². The molecule has 0 unspecified atom stereocenters. The van der Waals surface area contributed by atoms with Gasteiger partial charge in [-0.15, -0.1) is 48.8 Å². The largest absolute Gasteiger partial charge is 0.143 e. The molecule has 6 rings (SSSR count). The molecule has 0 aliphatic rings. The molecular formula is C42H40Br2S6. The van der Waals surface area contributed by atoms with Crippen LogP contribution < -0.4 is 0 Å². The summed E-state index contributed by atoms with van der Waals surface area (Å²) in [7, 11) is 0. The van der Waals surface area contributed by atoms with Crippen LogP contribution in [0.2, 0.25) is 0 Å². The van der Waals surface area contributed by atoms with Crippen LogP contribution in [0.5, 0.6) is 0 Å². The van der Waals surface area contributed by atoms with Crippen molar-refractivity contribution in [2.45, 2.75) is 68.9 Å². The molecule has 0 fully saturated rings. The minimum Gasteiger partial charge on any atom is -0.143 e. The van der Waals surface area contributed by atoms with Crippen molar-refractivity contribution >= 4 is 104 Å². The van der Waals surface area contributed by atoms with E-state index in [0.717, 1.165) is 32.6 Å². The average Bonchev–Trinajstić information content (AvgIpc) is 3.17. The summed E-state index contributed by atoms with van der Waals surface area (Å²) in [6.45, 7) is 2.19. The lowest BCUT2D eigenvalue weighted by atomic mass is 10.1. The Labute approximate surface area is 343 Å². The monoisotopic (exact) mass is 894 g/mol. The van der Waals surface area contributed by atoms with Crippen LogP contribution in [-0.2, 0) is 22.8 Å². The number of hydrogen-bond acceptors (Lipinski definition) is 6. The molecule has 0 aliphatic carbocycles. The molecule has 0 radical (unpaired) electrons. The third kappa shape index (κ3) is 15.2. The van der Waals surface area contributed by atoms with Gasteiger partial charge < -0.3 is 0 Å². The molecule has 0 aromatic heterocycles. The number of alkyl halides is 2. The van der Waals surface area contributed by atoms with E-state index in [0.29, 0.717) is 0 Å². The normalized spacial score (nSPS) is 10.4. The number of thiol groups is 2. The van der Waals surface area contributed by atoms with Crippen molar-refractivity contribution < 1.29 is 0 Å². The predicted molar refractivity (Wildman–Crippen MR) is 237 cm³/mol. The van der Waals surface area contributed by atoms with Gasteiger partial charge in [0.15, 0.2) is 0 Å². The summed E-state index contributed by atoms with van der Waals surface area (Å²) in [6.07, 6.45) is 3.21. The first kappa shape index (κ1) is 41.1. The first-order valence-corrected chi connectivity index (χ1v) is 22.9. The standard InChI is InChI=1S/C22H22S3.C12H10S3.C8H8Br2/c1-3-17-4-6-18(7-5-17)16-24-20-10-14-22(15-11-20)25-21-12-8-19(23-2)9-13-21;13-9-1-5-11(6-2-9)15-12-7-3-10(14)4-8-12;9-5-7-1-2-8(6-10)4-3-7/h4-15H,3,16H2,1-2H3;1-8,13-14H;1-4H,5-6H2. The zero-order chi connectivity index (χ0) is 35.6. The fourth-order valence-corrected chi connectivity index (χ4v) is 8.24. The van der Waals surface area contributed by atoms with Crippen molar-refractivity contribution in [1.29, 1.82) is 0 Å². The van der Waals surface area contributed by atoms with E-state index in [9.17, 15) is 0 Å². The molecule has 8 heteroatoms. The summed E-state index contributed by atoms with van der Waals surface area (Å²) in [6, 6.07) is 51.4. The SMILES string of the molecule is BrCc1ccc(CBr)cc1.CCc1ccc(CSc2ccc(Sc3ccc(SC)cc3)cc2)cc1.Sc1ccc(Sc2ccc(S)cc2)cc1. The van der Waals surface area contributed by atoms with E-state index < -0.39 is 0 Å². The van der Waals surface area contributed by atoms with Gasteiger partial charge in [-0.05, 0) is 132 Å². The highest BCUT2D eigenvalue weighted by Crippen LogP contribution is 2.32. The van der Waals surface area contributed by atoms with Gasteiger partial charge in [0, 0.05) is 55.6 Å². The van der Waals surface area contributed by atoms with E-state index in [4.69, 9.17) is 0 Å².